The molecule has 10 nitrogen and oxygen atoms in total. The molecule has 154 valence electrons. The van der Waals surface area contributed by atoms with E-state index in [0.29, 0.717) is 42.5 Å². The zero-order chi connectivity index (χ0) is 20.1. The lowest BCUT2D eigenvalue weighted by Crippen LogP contribution is -2.40. The quantitative estimate of drug-likeness (QED) is 0.542. The minimum absolute atomic E-state index is 0.294. The van der Waals surface area contributed by atoms with Crippen molar-refractivity contribution in [1.82, 2.24) is 29.4 Å². The lowest BCUT2D eigenvalue weighted by atomic mass is 10.2. The van der Waals surface area contributed by atoms with Crippen LogP contribution in [0.3, 0.4) is 0 Å². The van der Waals surface area contributed by atoms with E-state index in [1.54, 1.807) is 17.1 Å². The highest BCUT2D eigenvalue weighted by molar-refractivity contribution is 7.88. The predicted molar refractivity (Wildman–Crippen MR) is 109 cm³/mol. The fraction of sp³-hybridized carbons (Fsp3) is 0.562. The number of rotatable bonds is 9. The van der Waals surface area contributed by atoms with E-state index in [1.165, 1.54) is 6.26 Å². The molecule has 0 aliphatic carbocycles. The van der Waals surface area contributed by atoms with Gasteiger partial charge in [-0.2, -0.15) is 10.1 Å². The average molecular weight is 429 g/mol. The van der Waals surface area contributed by atoms with E-state index in [2.05, 4.69) is 35.3 Å². The number of aromatic nitrogens is 4. The van der Waals surface area contributed by atoms with E-state index in [1.807, 2.05) is 13.2 Å². The maximum atomic E-state index is 11.2. The Balaban J connectivity index is 1.56. The summed E-state index contributed by atoms with van der Waals surface area (Å²) in [7, 11) is -1.33. The zero-order valence-corrected chi connectivity index (χ0v) is 17.5. The van der Waals surface area contributed by atoms with Crippen molar-refractivity contribution in [3.63, 3.8) is 0 Å². The van der Waals surface area contributed by atoms with E-state index in [-0.39, 0.29) is 0 Å². The molecule has 1 aliphatic rings. The maximum absolute atomic E-state index is 11.2. The van der Waals surface area contributed by atoms with Gasteiger partial charge in [-0.1, -0.05) is 11.6 Å². The Hall–Kier alpha value is -1.95. The van der Waals surface area contributed by atoms with Crippen LogP contribution in [0.15, 0.2) is 18.6 Å². The minimum Gasteiger partial charge on any atom is -0.367 e. The summed E-state index contributed by atoms with van der Waals surface area (Å²) in [5.41, 5.74) is 0.788. The first-order valence-corrected chi connectivity index (χ1v) is 11.3. The molecule has 0 aromatic carbocycles. The standard InChI is InChI=1S/C16H25ClN8O2S/c1-24-11-12(8-20-24)22-16-19-10-14(17)15(23-16)18-9-13-4-3-6-25(13)7-5-21-28(2,26)27/h8,10-11,13,21H,3-7,9H2,1-2H3,(H2,18,19,22,23)/t13-/m1/s1. The second kappa shape index (κ2) is 9.03. The van der Waals surface area contributed by atoms with Crippen LogP contribution in [-0.2, 0) is 17.1 Å². The van der Waals surface area contributed by atoms with Gasteiger partial charge in [0.1, 0.15) is 5.02 Å². The number of hydrogen-bond acceptors (Lipinski definition) is 8. The second-order valence-corrected chi connectivity index (χ2v) is 9.04. The first-order valence-electron chi connectivity index (χ1n) is 9.01. The van der Waals surface area contributed by atoms with Gasteiger partial charge in [0.25, 0.3) is 0 Å². The first kappa shape index (κ1) is 20.8. The van der Waals surface area contributed by atoms with E-state index in [9.17, 15) is 8.42 Å². The van der Waals surface area contributed by atoms with Gasteiger partial charge >= 0.3 is 0 Å². The Bertz CT molecular complexity index is 904. The fourth-order valence-electron chi connectivity index (χ4n) is 3.18. The van der Waals surface area contributed by atoms with Crippen LogP contribution in [0.1, 0.15) is 12.8 Å². The molecule has 1 saturated heterocycles. The molecule has 0 radical (unpaired) electrons. The summed E-state index contributed by atoms with van der Waals surface area (Å²) in [6.07, 6.45) is 8.35. The number of halogens is 1. The Kier molecular flexibility index (Phi) is 6.70. The van der Waals surface area contributed by atoms with Crippen molar-refractivity contribution in [2.24, 2.45) is 7.05 Å². The molecule has 3 rings (SSSR count). The Morgan fingerprint density at radius 3 is 2.89 bits per heavy atom. The van der Waals surface area contributed by atoms with Crippen molar-refractivity contribution >= 4 is 39.1 Å². The molecule has 0 saturated carbocycles. The number of aryl methyl sites for hydroxylation is 1. The number of anilines is 3. The van der Waals surface area contributed by atoms with Gasteiger partial charge < -0.3 is 10.6 Å². The van der Waals surface area contributed by atoms with Crippen LogP contribution in [0.5, 0.6) is 0 Å². The highest BCUT2D eigenvalue weighted by Crippen LogP contribution is 2.23. The highest BCUT2D eigenvalue weighted by Gasteiger charge is 2.24. The van der Waals surface area contributed by atoms with Crippen LogP contribution >= 0.6 is 11.6 Å². The van der Waals surface area contributed by atoms with Gasteiger partial charge in [0.15, 0.2) is 5.82 Å². The highest BCUT2D eigenvalue weighted by atomic mass is 35.5. The SMILES string of the molecule is Cn1cc(Nc2ncc(Cl)c(NC[C@H]3CCCN3CCNS(C)(=O)=O)n2)cn1. The number of sulfonamides is 1. The van der Waals surface area contributed by atoms with E-state index < -0.39 is 10.0 Å². The number of likely N-dealkylation sites (tertiary alicyclic amines) is 1. The Labute approximate surface area is 169 Å². The second-order valence-electron chi connectivity index (χ2n) is 6.80. The van der Waals surface area contributed by atoms with E-state index in [4.69, 9.17) is 11.6 Å². The largest absolute Gasteiger partial charge is 0.367 e. The third-order valence-corrected chi connectivity index (χ3v) is 5.48. The summed E-state index contributed by atoms with van der Waals surface area (Å²) in [5, 5.41) is 10.9. The molecule has 2 aromatic rings. The predicted octanol–water partition coefficient (Wildman–Crippen LogP) is 1.03. The molecule has 0 spiro atoms. The van der Waals surface area contributed by atoms with Crippen molar-refractivity contribution in [3.8, 4) is 0 Å². The summed E-state index contributed by atoms with van der Waals surface area (Å²) < 4.78 is 26.7. The van der Waals surface area contributed by atoms with Crippen molar-refractivity contribution in [2.75, 3.05) is 43.1 Å². The van der Waals surface area contributed by atoms with Crippen LogP contribution in [-0.4, -0.2) is 71.5 Å². The zero-order valence-electron chi connectivity index (χ0n) is 15.9. The molecule has 0 unspecified atom stereocenters. The lowest BCUT2D eigenvalue weighted by Gasteiger charge is -2.25. The Morgan fingerprint density at radius 2 is 2.18 bits per heavy atom. The molecule has 3 heterocycles. The molecule has 28 heavy (non-hydrogen) atoms. The van der Waals surface area contributed by atoms with Crippen molar-refractivity contribution in [2.45, 2.75) is 18.9 Å². The van der Waals surface area contributed by atoms with E-state index in [0.717, 1.165) is 25.1 Å². The van der Waals surface area contributed by atoms with Crippen molar-refractivity contribution < 1.29 is 8.42 Å². The minimum atomic E-state index is -3.16. The van der Waals surface area contributed by atoms with E-state index >= 15 is 0 Å². The summed E-state index contributed by atoms with van der Waals surface area (Å²) in [6, 6.07) is 0.294. The van der Waals surface area contributed by atoms with Crippen LogP contribution in [0, 0.1) is 0 Å². The number of nitrogens with one attached hydrogen (secondary N) is 3. The van der Waals surface area contributed by atoms with Gasteiger partial charge in [-0.25, -0.2) is 18.1 Å². The maximum Gasteiger partial charge on any atom is 0.229 e. The molecule has 12 heteroatoms. The summed E-state index contributed by atoms with van der Waals surface area (Å²) in [5.74, 6) is 0.990. The monoisotopic (exact) mass is 428 g/mol. The van der Waals surface area contributed by atoms with Gasteiger partial charge in [-0.15, -0.1) is 0 Å². The van der Waals surface area contributed by atoms with Crippen LogP contribution in [0.2, 0.25) is 5.02 Å². The van der Waals surface area contributed by atoms with Crippen LogP contribution in [0.4, 0.5) is 17.5 Å². The summed E-state index contributed by atoms with van der Waals surface area (Å²) in [4.78, 5) is 10.9. The van der Waals surface area contributed by atoms with Crippen LogP contribution in [0.25, 0.3) is 0 Å². The third kappa shape index (κ3) is 6.03. The van der Waals surface area contributed by atoms with Crippen LogP contribution < -0.4 is 15.4 Å². The Morgan fingerprint density at radius 1 is 1.36 bits per heavy atom. The topological polar surface area (TPSA) is 117 Å². The first-order chi connectivity index (χ1) is 13.3. The van der Waals surface area contributed by atoms with Gasteiger partial charge in [0.05, 0.1) is 24.3 Å². The molecule has 1 fully saturated rings. The lowest BCUT2D eigenvalue weighted by molar-refractivity contribution is 0.267. The molecular formula is C16H25ClN8O2S. The smallest absolute Gasteiger partial charge is 0.229 e. The van der Waals surface area contributed by atoms with Crippen molar-refractivity contribution in [1.29, 1.82) is 0 Å². The summed E-state index contributed by atoms with van der Waals surface area (Å²) >= 11 is 6.24. The van der Waals surface area contributed by atoms with Gasteiger partial charge in [0, 0.05) is 38.9 Å². The molecular weight excluding hydrogens is 404 g/mol. The molecule has 2 aromatic heterocycles. The molecule has 1 aliphatic heterocycles. The molecule has 0 amide bonds. The average Bonchev–Trinajstić information content (AvgIpc) is 3.23. The number of nitrogens with zero attached hydrogens (tertiary/aromatic N) is 5. The third-order valence-electron chi connectivity index (χ3n) is 4.47. The molecule has 1 atom stereocenters. The van der Waals surface area contributed by atoms with Crippen molar-refractivity contribution in [3.05, 3.63) is 23.6 Å². The van der Waals surface area contributed by atoms with Gasteiger partial charge in [-0.3, -0.25) is 9.58 Å². The summed E-state index contributed by atoms with van der Waals surface area (Å²) in [6.45, 7) is 2.69. The van der Waals surface area contributed by atoms with Gasteiger partial charge in [-0.05, 0) is 19.4 Å². The normalized spacial score (nSPS) is 17.8. The fourth-order valence-corrected chi connectivity index (χ4v) is 3.80. The molecule has 0 bridgehead atoms. The number of hydrogen-bond donors (Lipinski definition) is 3. The molecule has 3 N–H and O–H groups in total. The van der Waals surface area contributed by atoms with Gasteiger partial charge in [0.2, 0.25) is 16.0 Å².